The number of methoxy groups -OCH3 is 2. The molecule has 36 heavy (non-hydrogen) atoms. The van der Waals surface area contributed by atoms with E-state index in [0.717, 1.165) is 36.2 Å². The zero-order chi connectivity index (χ0) is 25.7. The van der Waals surface area contributed by atoms with Gasteiger partial charge in [-0.05, 0) is 69.1 Å². The Morgan fingerprint density at radius 1 is 1.06 bits per heavy atom. The van der Waals surface area contributed by atoms with Gasteiger partial charge in [0.15, 0.2) is 28.1 Å². The number of nitrogens with zero attached hydrogens (tertiary/aromatic N) is 2. The number of nitrogens with one attached hydrogen (secondary N) is 2. The van der Waals surface area contributed by atoms with E-state index in [9.17, 15) is 4.79 Å². The van der Waals surface area contributed by atoms with Gasteiger partial charge in [-0.15, -0.1) is 0 Å². The zero-order valence-corrected chi connectivity index (χ0v) is 21.9. The number of benzene rings is 2. The summed E-state index contributed by atoms with van der Waals surface area (Å²) in [6, 6.07) is 11.3. The molecule has 9 nitrogen and oxygen atoms in total. The van der Waals surface area contributed by atoms with Crippen LogP contribution in [0.15, 0.2) is 41.2 Å². The number of fused-ring (bicyclic) bond motifs is 2. The first kappa shape index (κ1) is 25.6. The van der Waals surface area contributed by atoms with Crippen LogP contribution in [0.4, 0.5) is 0 Å². The highest BCUT2D eigenvalue weighted by atomic mass is 32.1. The van der Waals surface area contributed by atoms with E-state index in [1.54, 1.807) is 20.3 Å². The van der Waals surface area contributed by atoms with Crippen LogP contribution in [-0.2, 0) is 13.1 Å². The van der Waals surface area contributed by atoms with E-state index in [1.165, 1.54) is 0 Å². The molecule has 0 bridgehead atoms. The van der Waals surface area contributed by atoms with Crippen molar-refractivity contribution < 1.29 is 18.9 Å². The van der Waals surface area contributed by atoms with Crippen LogP contribution in [0.2, 0.25) is 0 Å². The lowest BCUT2D eigenvalue weighted by Crippen LogP contribution is -2.40. The summed E-state index contributed by atoms with van der Waals surface area (Å²) in [6.07, 6.45) is 0.948. The Morgan fingerprint density at radius 2 is 1.81 bits per heavy atom. The Labute approximate surface area is 215 Å². The lowest BCUT2D eigenvalue weighted by Gasteiger charge is -2.26. The molecule has 1 aliphatic heterocycles. The van der Waals surface area contributed by atoms with Crippen molar-refractivity contribution in [3.05, 3.63) is 57.9 Å². The van der Waals surface area contributed by atoms with Crippen molar-refractivity contribution in [3.63, 3.8) is 0 Å². The van der Waals surface area contributed by atoms with Crippen molar-refractivity contribution in [2.24, 2.45) is 0 Å². The van der Waals surface area contributed by atoms with Gasteiger partial charge < -0.3 is 39.0 Å². The predicted molar refractivity (Wildman–Crippen MR) is 143 cm³/mol. The molecular weight excluding hydrogens is 480 g/mol. The number of H-pyrrole nitrogens is 1. The second-order valence-corrected chi connectivity index (χ2v) is 9.24. The lowest BCUT2D eigenvalue weighted by atomic mass is 10.1. The van der Waals surface area contributed by atoms with E-state index in [2.05, 4.69) is 15.2 Å². The maximum atomic E-state index is 13.0. The van der Waals surface area contributed by atoms with E-state index in [4.69, 9.17) is 31.2 Å². The van der Waals surface area contributed by atoms with Gasteiger partial charge in [0.2, 0.25) is 6.79 Å². The van der Waals surface area contributed by atoms with Crippen molar-refractivity contribution in [3.8, 4) is 23.0 Å². The van der Waals surface area contributed by atoms with E-state index >= 15 is 0 Å². The molecule has 2 N–H and O–H groups in total. The van der Waals surface area contributed by atoms with Gasteiger partial charge in [-0.2, -0.15) is 0 Å². The van der Waals surface area contributed by atoms with Gasteiger partial charge in [-0.3, -0.25) is 4.79 Å². The Balaban J connectivity index is 1.60. The molecule has 0 amide bonds. The summed E-state index contributed by atoms with van der Waals surface area (Å²) in [5, 5.41) is 4.77. The quantitative estimate of drug-likeness (QED) is 0.314. The molecule has 0 saturated carbocycles. The number of hydrogen-bond acceptors (Lipinski definition) is 7. The largest absolute Gasteiger partial charge is 0.493 e. The third kappa shape index (κ3) is 6.00. The number of ether oxygens (including phenoxy) is 4. The van der Waals surface area contributed by atoms with Crippen LogP contribution in [0.25, 0.3) is 10.9 Å². The van der Waals surface area contributed by atoms with Gasteiger partial charge in [0.05, 0.1) is 26.3 Å². The van der Waals surface area contributed by atoms with Crippen LogP contribution in [0.1, 0.15) is 17.5 Å². The van der Waals surface area contributed by atoms with E-state index in [1.807, 2.05) is 49.3 Å². The molecule has 0 fully saturated rings. The first-order chi connectivity index (χ1) is 17.4. The number of hydrogen-bond donors (Lipinski definition) is 2. The highest BCUT2D eigenvalue weighted by Gasteiger charge is 2.18. The fourth-order valence-electron chi connectivity index (χ4n) is 4.06. The molecule has 0 atom stereocenters. The van der Waals surface area contributed by atoms with Crippen LogP contribution >= 0.6 is 12.2 Å². The molecule has 3 aromatic rings. The fourth-order valence-corrected chi connectivity index (χ4v) is 4.29. The molecule has 0 saturated heterocycles. The van der Waals surface area contributed by atoms with Crippen molar-refractivity contribution in [1.29, 1.82) is 0 Å². The Morgan fingerprint density at radius 3 is 2.56 bits per heavy atom. The average Bonchev–Trinajstić information content (AvgIpc) is 3.33. The Bertz CT molecular complexity index is 1290. The molecule has 192 valence electrons. The average molecular weight is 513 g/mol. The van der Waals surface area contributed by atoms with Crippen LogP contribution in [-0.4, -0.2) is 68.1 Å². The van der Waals surface area contributed by atoms with Crippen LogP contribution in [0.3, 0.4) is 0 Å². The number of aromatic amines is 1. The molecule has 4 rings (SSSR count). The molecule has 2 heterocycles. The molecule has 0 aliphatic carbocycles. The Kier molecular flexibility index (Phi) is 8.17. The summed E-state index contributed by atoms with van der Waals surface area (Å²) >= 11 is 5.76. The summed E-state index contributed by atoms with van der Waals surface area (Å²) < 4.78 is 21.8. The Hall–Kier alpha value is -3.50. The maximum absolute atomic E-state index is 13.0. The van der Waals surface area contributed by atoms with Crippen molar-refractivity contribution in [2.45, 2.75) is 19.5 Å². The minimum atomic E-state index is -0.180. The fraction of sp³-hybridized carbons (Fsp3) is 0.385. The summed E-state index contributed by atoms with van der Waals surface area (Å²) in [4.78, 5) is 20.1. The van der Waals surface area contributed by atoms with Crippen LogP contribution in [0, 0.1) is 0 Å². The van der Waals surface area contributed by atoms with Gasteiger partial charge >= 0.3 is 0 Å². The normalized spacial score (nSPS) is 12.1. The van der Waals surface area contributed by atoms with Crippen LogP contribution < -0.4 is 29.8 Å². The highest BCUT2D eigenvalue weighted by molar-refractivity contribution is 7.80. The minimum absolute atomic E-state index is 0.180. The zero-order valence-electron chi connectivity index (χ0n) is 21.1. The predicted octanol–water partition coefficient (Wildman–Crippen LogP) is 3.10. The van der Waals surface area contributed by atoms with Gasteiger partial charge in [0, 0.05) is 30.1 Å². The smallest absolute Gasteiger partial charge is 0.253 e. The molecule has 2 aromatic carbocycles. The summed E-state index contributed by atoms with van der Waals surface area (Å²) in [6.45, 7) is 2.73. The molecule has 0 unspecified atom stereocenters. The van der Waals surface area contributed by atoms with Crippen molar-refractivity contribution in [2.75, 3.05) is 48.2 Å². The summed E-state index contributed by atoms with van der Waals surface area (Å²) in [7, 11) is 7.24. The minimum Gasteiger partial charge on any atom is -0.493 e. The van der Waals surface area contributed by atoms with E-state index in [-0.39, 0.29) is 12.4 Å². The number of pyridine rings is 1. The number of aromatic nitrogens is 1. The van der Waals surface area contributed by atoms with E-state index in [0.29, 0.717) is 46.5 Å². The number of thiocarbonyl (C=S) groups is 1. The third-order valence-electron chi connectivity index (χ3n) is 5.94. The summed E-state index contributed by atoms with van der Waals surface area (Å²) in [5.41, 5.74) is 2.09. The lowest BCUT2D eigenvalue weighted by molar-refractivity contribution is 0.174. The number of rotatable bonds is 10. The first-order valence-corrected chi connectivity index (χ1v) is 12.1. The van der Waals surface area contributed by atoms with Gasteiger partial charge in [0.25, 0.3) is 5.56 Å². The van der Waals surface area contributed by atoms with Gasteiger partial charge in [-0.1, -0.05) is 6.07 Å². The highest BCUT2D eigenvalue weighted by Crippen LogP contribution is 2.33. The molecule has 1 aliphatic rings. The third-order valence-corrected chi connectivity index (χ3v) is 6.34. The van der Waals surface area contributed by atoms with Gasteiger partial charge in [0.1, 0.15) is 0 Å². The standard InChI is InChI=1S/C26H32N4O5S/c1-29(2)9-5-8-27-26(36)30(14-17-6-7-21-24(10-17)35-16-34-21)15-19-11-18-12-22(32-3)23(33-4)13-20(18)28-25(19)31/h6-7,10-13H,5,8-9,14-16H2,1-4H3,(H,27,36)(H,28,31). The van der Waals surface area contributed by atoms with Crippen molar-refractivity contribution >= 4 is 28.2 Å². The molecule has 0 spiro atoms. The molecule has 10 heteroatoms. The monoisotopic (exact) mass is 512 g/mol. The SMILES string of the molecule is COc1cc2cc(CN(Cc3ccc4c(c3)OCO4)C(=S)NCCCN(C)C)c(=O)[nH]c2cc1OC. The maximum Gasteiger partial charge on any atom is 0.253 e. The molecule has 1 aromatic heterocycles. The topological polar surface area (TPSA) is 88.3 Å². The molecule has 0 radical (unpaired) electrons. The summed E-state index contributed by atoms with van der Waals surface area (Å²) in [5.74, 6) is 2.59. The molecular formula is C26H32N4O5S. The second kappa shape index (κ2) is 11.5. The van der Waals surface area contributed by atoms with Gasteiger partial charge in [-0.25, -0.2) is 0 Å². The van der Waals surface area contributed by atoms with Crippen LogP contribution in [0.5, 0.6) is 23.0 Å². The second-order valence-electron chi connectivity index (χ2n) is 8.85. The van der Waals surface area contributed by atoms with E-state index < -0.39 is 0 Å². The van der Waals surface area contributed by atoms with Crippen molar-refractivity contribution in [1.82, 2.24) is 20.1 Å². The first-order valence-electron chi connectivity index (χ1n) is 11.7.